The van der Waals surface area contributed by atoms with Crippen LogP contribution in [-0.4, -0.2) is 24.7 Å². The second-order valence-electron chi connectivity index (χ2n) is 6.02. The molecule has 0 saturated carbocycles. The highest BCUT2D eigenvalue weighted by molar-refractivity contribution is 7.94. The fourth-order valence-corrected chi connectivity index (χ4v) is 4.43. The van der Waals surface area contributed by atoms with Crippen molar-refractivity contribution in [1.29, 1.82) is 0 Å². The van der Waals surface area contributed by atoms with Gasteiger partial charge >= 0.3 is 0 Å². The molecular formula is C18H20N4O2S2. The number of thiophene rings is 1. The smallest absolute Gasteiger partial charge is 0.272 e. The summed E-state index contributed by atoms with van der Waals surface area (Å²) in [5.41, 5.74) is 1.17. The van der Waals surface area contributed by atoms with E-state index in [9.17, 15) is 8.42 Å². The molecule has 2 heterocycles. The molecule has 0 amide bonds. The summed E-state index contributed by atoms with van der Waals surface area (Å²) in [6, 6.07) is 17.0. The second-order valence-corrected chi connectivity index (χ2v) is 8.88. The van der Waals surface area contributed by atoms with Crippen LogP contribution in [0.1, 0.15) is 19.4 Å². The Labute approximate surface area is 157 Å². The summed E-state index contributed by atoms with van der Waals surface area (Å²) in [6.45, 7) is 4.86. The molecule has 0 spiro atoms. The summed E-state index contributed by atoms with van der Waals surface area (Å²) in [4.78, 5) is 2.11. The van der Waals surface area contributed by atoms with Gasteiger partial charge < -0.3 is 4.90 Å². The lowest BCUT2D eigenvalue weighted by Gasteiger charge is -2.27. The van der Waals surface area contributed by atoms with Gasteiger partial charge in [0.1, 0.15) is 4.21 Å². The topological polar surface area (TPSA) is 75.2 Å². The van der Waals surface area contributed by atoms with Crippen molar-refractivity contribution in [3.8, 4) is 0 Å². The van der Waals surface area contributed by atoms with E-state index in [1.165, 1.54) is 5.56 Å². The quantitative estimate of drug-likeness (QED) is 0.667. The normalized spacial score (nSPS) is 11.5. The van der Waals surface area contributed by atoms with Gasteiger partial charge in [-0.25, -0.2) is 8.42 Å². The van der Waals surface area contributed by atoms with E-state index in [0.29, 0.717) is 12.4 Å². The Bertz CT molecular complexity index is 925. The van der Waals surface area contributed by atoms with Crippen molar-refractivity contribution < 1.29 is 8.42 Å². The average molecular weight is 389 g/mol. The van der Waals surface area contributed by atoms with Crippen molar-refractivity contribution in [1.82, 2.24) is 10.2 Å². The van der Waals surface area contributed by atoms with Gasteiger partial charge in [0.25, 0.3) is 10.0 Å². The Morgan fingerprint density at radius 1 is 1.04 bits per heavy atom. The minimum absolute atomic E-state index is 0.200. The van der Waals surface area contributed by atoms with Crippen LogP contribution in [0, 0.1) is 0 Å². The first-order chi connectivity index (χ1) is 12.5. The van der Waals surface area contributed by atoms with Crippen molar-refractivity contribution in [2.45, 2.75) is 30.6 Å². The molecule has 2 aromatic heterocycles. The van der Waals surface area contributed by atoms with Crippen molar-refractivity contribution in [3.63, 3.8) is 0 Å². The van der Waals surface area contributed by atoms with Gasteiger partial charge in [0, 0.05) is 12.6 Å². The van der Waals surface area contributed by atoms with Gasteiger partial charge in [-0.05, 0) is 43.0 Å². The van der Waals surface area contributed by atoms with Gasteiger partial charge in [-0.2, -0.15) is 0 Å². The number of hydrogen-bond acceptors (Lipinski definition) is 6. The van der Waals surface area contributed by atoms with Gasteiger partial charge in [-0.3, -0.25) is 4.72 Å². The number of sulfonamides is 1. The van der Waals surface area contributed by atoms with Crippen molar-refractivity contribution in [3.05, 3.63) is 65.5 Å². The lowest BCUT2D eigenvalue weighted by Crippen LogP contribution is -2.31. The van der Waals surface area contributed by atoms with Gasteiger partial charge in [0.2, 0.25) is 0 Å². The molecule has 0 bridgehead atoms. The zero-order chi connectivity index (χ0) is 18.6. The number of benzene rings is 1. The average Bonchev–Trinajstić information content (AvgIpc) is 3.17. The Balaban J connectivity index is 1.77. The van der Waals surface area contributed by atoms with E-state index in [2.05, 4.69) is 45.8 Å². The molecule has 1 aromatic carbocycles. The van der Waals surface area contributed by atoms with Crippen molar-refractivity contribution in [2.24, 2.45) is 0 Å². The molecule has 3 aromatic rings. The van der Waals surface area contributed by atoms with Crippen molar-refractivity contribution >= 4 is 33.0 Å². The van der Waals surface area contributed by atoms with Crippen LogP contribution in [0.4, 0.5) is 11.6 Å². The third kappa shape index (κ3) is 4.39. The van der Waals surface area contributed by atoms with Crippen LogP contribution in [0.5, 0.6) is 0 Å². The van der Waals surface area contributed by atoms with Crippen LogP contribution in [0.25, 0.3) is 0 Å². The molecule has 3 rings (SSSR count). The summed E-state index contributed by atoms with van der Waals surface area (Å²) in [5.74, 6) is 0.897. The zero-order valence-corrected chi connectivity index (χ0v) is 16.2. The molecule has 0 radical (unpaired) electrons. The molecule has 8 heteroatoms. The molecule has 0 aliphatic heterocycles. The maximum atomic E-state index is 12.3. The summed E-state index contributed by atoms with van der Waals surface area (Å²) in [6.07, 6.45) is 0. The molecule has 0 fully saturated rings. The number of hydrogen-bond donors (Lipinski definition) is 1. The lowest BCUT2D eigenvalue weighted by atomic mass is 10.2. The standard InChI is InChI=1S/C18H20N4O2S2/c1-14(2)22(13-15-7-4-3-5-8-15)17-11-10-16(19-20-17)21-26(23,24)18-9-6-12-25-18/h3-12,14H,13H2,1-2H3,(H,19,21). The molecule has 0 atom stereocenters. The first kappa shape index (κ1) is 18.3. The van der Waals surface area contributed by atoms with Gasteiger partial charge in [-0.15, -0.1) is 21.5 Å². The highest BCUT2D eigenvalue weighted by Gasteiger charge is 2.17. The maximum absolute atomic E-state index is 12.3. The predicted octanol–water partition coefficient (Wildman–Crippen LogP) is 3.75. The molecule has 1 N–H and O–H groups in total. The SMILES string of the molecule is CC(C)N(Cc1ccccc1)c1ccc(NS(=O)(=O)c2cccs2)nn1. The van der Waals surface area contributed by atoms with E-state index < -0.39 is 10.0 Å². The van der Waals surface area contributed by atoms with Crippen LogP contribution < -0.4 is 9.62 Å². The highest BCUT2D eigenvalue weighted by atomic mass is 32.2. The Morgan fingerprint density at radius 3 is 2.38 bits per heavy atom. The van der Waals surface area contributed by atoms with Gasteiger partial charge in [0.15, 0.2) is 11.6 Å². The van der Waals surface area contributed by atoms with E-state index in [0.717, 1.165) is 11.3 Å². The van der Waals surface area contributed by atoms with E-state index in [-0.39, 0.29) is 16.1 Å². The second kappa shape index (κ2) is 7.84. The largest absolute Gasteiger partial charge is 0.348 e. The fourth-order valence-electron chi connectivity index (χ4n) is 2.45. The predicted molar refractivity (Wildman–Crippen MR) is 105 cm³/mol. The Hall–Kier alpha value is -2.45. The van der Waals surface area contributed by atoms with Gasteiger partial charge in [0.05, 0.1) is 0 Å². The fraction of sp³-hybridized carbons (Fsp3) is 0.222. The Kier molecular flexibility index (Phi) is 5.53. The number of anilines is 2. The molecule has 0 unspecified atom stereocenters. The highest BCUT2D eigenvalue weighted by Crippen LogP contribution is 2.21. The Morgan fingerprint density at radius 2 is 1.81 bits per heavy atom. The number of rotatable bonds is 7. The van der Waals surface area contributed by atoms with E-state index in [1.54, 1.807) is 29.6 Å². The zero-order valence-electron chi connectivity index (χ0n) is 14.5. The van der Waals surface area contributed by atoms with E-state index >= 15 is 0 Å². The number of nitrogens with one attached hydrogen (secondary N) is 1. The summed E-state index contributed by atoms with van der Waals surface area (Å²) >= 11 is 1.16. The molecule has 136 valence electrons. The van der Waals surface area contributed by atoms with Gasteiger partial charge in [-0.1, -0.05) is 36.4 Å². The van der Waals surface area contributed by atoms with Crippen LogP contribution in [0.3, 0.4) is 0 Å². The molecule has 0 saturated heterocycles. The summed E-state index contributed by atoms with van der Waals surface area (Å²) < 4.78 is 27.2. The van der Waals surface area contributed by atoms with Crippen LogP contribution in [0.2, 0.25) is 0 Å². The first-order valence-corrected chi connectivity index (χ1v) is 10.5. The number of aromatic nitrogens is 2. The molecule has 0 aliphatic carbocycles. The monoisotopic (exact) mass is 388 g/mol. The van der Waals surface area contributed by atoms with Crippen molar-refractivity contribution in [2.75, 3.05) is 9.62 Å². The maximum Gasteiger partial charge on any atom is 0.272 e. The minimum atomic E-state index is -3.62. The summed E-state index contributed by atoms with van der Waals surface area (Å²) in [5, 5.41) is 9.97. The van der Waals surface area contributed by atoms with Crippen LogP contribution in [-0.2, 0) is 16.6 Å². The van der Waals surface area contributed by atoms with Crippen LogP contribution >= 0.6 is 11.3 Å². The van der Waals surface area contributed by atoms with E-state index in [4.69, 9.17) is 0 Å². The summed E-state index contributed by atoms with van der Waals surface area (Å²) in [7, 11) is -3.62. The number of nitrogens with zero attached hydrogens (tertiary/aromatic N) is 3. The first-order valence-electron chi connectivity index (χ1n) is 8.16. The van der Waals surface area contributed by atoms with E-state index in [1.807, 2.05) is 18.2 Å². The van der Waals surface area contributed by atoms with Crippen LogP contribution in [0.15, 0.2) is 64.2 Å². The third-order valence-electron chi connectivity index (χ3n) is 3.76. The third-order valence-corrected chi connectivity index (χ3v) is 6.51. The lowest BCUT2D eigenvalue weighted by molar-refractivity contribution is 0.602. The molecular weight excluding hydrogens is 368 g/mol. The molecule has 0 aliphatic rings. The molecule has 26 heavy (non-hydrogen) atoms. The molecule has 6 nitrogen and oxygen atoms in total. The minimum Gasteiger partial charge on any atom is -0.348 e.